The van der Waals surface area contributed by atoms with E-state index in [1.54, 1.807) is 25.1 Å². The lowest BCUT2D eigenvalue weighted by atomic mass is 10.2. The molecule has 18 heavy (non-hydrogen) atoms. The Morgan fingerprint density at radius 3 is 2.67 bits per heavy atom. The van der Waals surface area contributed by atoms with Crippen molar-refractivity contribution in [1.82, 2.24) is 0 Å². The summed E-state index contributed by atoms with van der Waals surface area (Å²) in [5.41, 5.74) is 0.824. The quantitative estimate of drug-likeness (QED) is 0.796. The summed E-state index contributed by atoms with van der Waals surface area (Å²) in [4.78, 5) is 0. The van der Waals surface area contributed by atoms with Gasteiger partial charge in [-0.1, -0.05) is 29.8 Å². The molecule has 2 aromatic rings. The number of benzene rings is 2. The van der Waals surface area contributed by atoms with E-state index in [1.165, 1.54) is 18.2 Å². The van der Waals surface area contributed by atoms with Gasteiger partial charge in [-0.25, -0.2) is 8.78 Å². The predicted octanol–water partition coefficient (Wildman–Crippen LogP) is 4.51. The molecule has 0 N–H and O–H groups in total. The second kappa shape index (κ2) is 5.36. The van der Waals surface area contributed by atoms with E-state index in [0.717, 1.165) is 0 Å². The maximum Gasteiger partial charge on any atom is 0.167 e. The molecule has 0 aliphatic carbocycles. The molecule has 0 amide bonds. The van der Waals surface area contributed by atoms with Gasteiger partial charge >= 0.3 is 0 Å². The van der Waals surface area contributed by atoms with Crippen LogP contribution in [0.3, 0.4) is 0 Å². The first-order chi connectivity index (χ1) is 8.58. The highest BCUT2D eigenvalue weighted by Gasteiger charge is 2.08. The van der Waals surface area contributed by atoms with Crippen LogP contribution in [0.15, 0.2) is 36.4 Å². The van der Waals surface area contributed by atoms with Gasteiger partial charge in [-0.05, 0) is 30.7 Å². The number of rotatable bonds is 3. The molecular weight excluding hydrogens is 258 g/mol. The van der Waals surface area contributed by atoms with Crippen LogP contribution < -0.4 is 4.74 Å². The Labute approximate surface area is 109 Å². The number of aryl methyl sites for hydroxylation is 1. The van der Waals surface area contributed by atoms with Crippen molar-refractivity contribution in [3.63, 3.8) is 0 Å². The van der Waals surface area contributed by atoms with Gasteiger partial charge in [0.1, 0.15) is 12.4 Å². The predicted molar refractivity (Wildman–Crippen MR) is 66.9 cm³/mol. The molecule has 4 heteroatoms. The fourth-order valence-electron chi connectivity index (χ4n) is 1.53. The molecule has 0 atom stereocenters. The fraction of sp³-hybridized carbons (Fsp3) is 0.143. The average molecular weight is 269 g/mol. The number of hydrogen-bond donors (Lipinski definition) is 0. The Morgan fingerprint density at radius 1 is 1.17 bits per heavy atom. The minimum atomic E-state index is -0.462. The molecule has 0 aliphatic heterocycles. The van der Waals surface area contributed by atoms with Gasteiger partial charge in [0.2, 0.25) is 0 Å². The van der Waals surface area contributed by atoms with Crippen molar-refractivity contribution >= 4 is 11.6 Å². The molecule has 0 bridgehead atoms. The summed E-state index contributed by atoms with van der Waals surface area (Å²) < 4.78 is 32.4. The lowest BCUT2D eigenvalue weighted by Gasteiger charge is -2.09. The molecule has 0 spiro atoms. The number of hydrogen-bond acceptors (Lipinski definition) is 1. The van der Waals surface area contributed by atoms with Crippen LogP contribution in [0.5, 0.6) is 5.75 Å². The summed E-state index contributed by atoms with van der Waals surface area (Å²) >= 11 is 5.64. The van der Waals surface area contributed by atoms with Crippen LogP contribution in [0.2, 0.25) is 5.02 Å². The molecule has 0 heterocycles. The van der Waals surface area contributed by atoms with Crippen molar-refractivity contribution in [1.29, 1.82) is 0 Å². The van der Waals surface area contributed by atoms with Crippen molar-refractivity contribution in [3.8, 4) is 5.75 Å². The molecule has 94 valence electrons. The molecule has 0 aliphatic rings. The van der Waals surface area contributed by atoms with Crippen molar-refractivity contribution in [2.75, 3.05) is 0 Å². The Morgan fingerprint density at radius 2 is 1.94 bits per heavy atom. The second-order valence-corrected chi connectivity index (χ2v) is 4.35. The monoisotopic (exact) mass is 268 g/mol. The normalized spacial score (nSPS) is 10.4. The molecule has 0 aromatic heterocycles. The lowest BCUT2D eigenvalue weighted by molar-refractivity contribution is 0.284. The smallest absolute Gasteiger partial charge is 0.167 e. The zero-order valence-electron chi connectivity index (χ0n) is 9.71. The second-order valence-electron chi connectivity index (χ2n) is 3.91. The molecule has 0 unspecified atom stereocenters. The minimum Gasteiger partial charge on any atom is -0.486 e. The van der Waals surface area contributed by atoms with Gasteiger partial charge in [0, 0.05) is 10.6 Å². The van der Waals surface area contributed by atoms with Crippen LogP contribution in [-0.4, -0.2) is 0 Å². The van der Waals surface area contributed by atoms with E-state index in [0.29, 0.717) is 16.1 Å². The van der Waals surface area contributed by atoms with Gasteiger partial charge < -0.3 is 4.74 Å². The highest BCUT2D eigenvalue weighted by atomic mass is 35.5. The molecule has 1 nitrogen and oxygen atoms in total. The molecule has 2 rings (SSSR count). The third-order valence-corrected chi connectivity index (χ3v) is 2.79. The molecular formula is C14H11ClF2O. The van der Waals surface area contributed by atoms with Gasteiger partial charge in [-0.15, -0.1) is 0 Å². The molecule has 0 saturated carbocycles. The van der Waals surface area contributed by atoms with E-state index in [9.17, 15) is 8.78 Å². The van der Waals surface area contributed by atoms with Crippen LogP contribution in [0.1, 0.15) is 11.1 Å². The number of ether oxygens (including phenoxy) is 1. The molecule has 0 saturated heterocycles. The summed E-state index contributed by atoms with van der Waals surface area (Å²) in [5.74, 6) is -0.771. The first-order valence-electron chi connectivity index (χ1n) is 5.40. The largest absolute Gasteiger partial charge is 0.486 e. The van der Waals surface area contributed by atoms with E-state index in [2.05, 4.69) is 0 Å². The van der Waals surface area contributed by atoms with E-state index < -0.39 is 11.6 Å². The molecule has 0 fully saturated rings. The Balaban J connectivity index is 2.14. The van der Waals surface area contributed by atoms with Crippen LogP contribution in [0.25, 0.3) is 0 Å². The molecule has 0 radical (unpaired) electrons. The Hall–Kier alpha value is -1.61. The topological polar surface area (TPSA) is 9.23 Å². The number of halogens is 3. The van der Waals surface area contributed by atoms with Crippen molar-refractivity contribution in [2.45, 2.75) is 13.5 Å². The van der Waals surface area contributed by atoms with E-state index in [1.807, 2.05) is 0 Å². The summed E-state index contributed by atoms with van der Waals surface area (Å²) in [5, 5.41) is 0.318. The third-order valence-electron chi connectivity index (χ3n) is 2.55. The van der Waals surface area contributed by atoms with Gasteiger partial charge in [-0.3, -0.25) is 0 Å². The standard InChI is InChI=1S/C14H11ClF2O/c1-9-3-2-4-13(14(9)17)18-8-10-5-6-11(15)7-12(10)16/h2-7H,8H2,1H3. The summed E-state index contributed by atoms with van der Waals surface area (Å²) in [6.07, 6.45) is 0. The average Bonchev–Trinajstić information content (AvgIpc) is 2.33. The van der Waals surface area contributed by atoms with Crippen molar-refractivity contribution in [2.24, 2.45) is 0 Å². The Kier molecular flexibility index (Phi) is 3.82. The summed E-state index contributed by atoms with van der Waals surface area (Å²) in [6.45, 7) is 1.61. The minimum absolute atomic E-state index is 0.0383. The first-order valence-corrected chi connectivity index (χ1v) is 5.77. The lowest BCUT2D eigenvalue weighted by Crippen LogP contribution is -2.00. The Bertz CT molecular complexity index is 570. The van der Waals surface area contributed by atoms with Crippen molar-refractivity contribution in [3.05, 3.63) is 64.2 Å². The van der Waals surface area contributed by atoms with Gasteiger partial charge in [0.15, 0.2) is 11.6 Å². The molecule has 2 aromatic carbocycles. The zero-order chi connectivity index (χ0) is 13.1. The third kappa shape index (κ3) is 2.79. The van der Waals surface area contributed by atoms with Crippen molar-refractivity contribution < 1.29 is 13.5 Å². The highest BCUT2D eigenvalue weighted by Crippen LogP contribution is 2.22. The maximum atomic E-state index is 13.6. The van der Waals surface area contributed by atoms with Crippen LogP contribution in [0.4, 0.5) is 8.78 Å². The van der Waals surface area contributed by atoms with Crippen LogP contribution >= 0.6 is 11.6 Å². The van der Waals surface area contributed by atoms with E-state index in [4.69, 9.17) is 16.3 Å². The zero-order valence-corrected chi connectivity index (χ0v) is 10.5. The maximum absolute atomic E-state index is 13.6. The summed E-state index contributed by atoms with van der Waals surface area (Å²) in [6, 6.07) is 9.13. The first kappa shape index (κ1) is 12.8. The van der Waals surface area contributed by atoms with Gasteiger partial charge in [-0.2, -0.15) is 0 Å². The van der Waals surface area contributed by atoms with E-state index in [-0.39, 0.29) is 12.4 Å². The van der Waals surface area contributed by atoms with E-state index >= 15 is 0 Å². The van der Waals surface area contributed by atoms with Gasteiger partial charge in [0.25, 0.3) is 0 Å². The van der Waals surface area contributed by atoms with Crippen LogP contribution in [0, 0.1) is 18.6 Å². The fourth-order valence-corrected chi connectivity index (χ4v) is 1.69. The summed E-state index contributed by atoms with van der Waals surface area (Å²) in [7, 11) is 0. The highest BCUT2D eigenvalue weighted by molar-refractivity contribution is 6.30. The van der Waals surface area contributed by atoms with Gasteiger partial charge in [0.05, 0.1) is 0 Å². The SMILES string of the molecule is Cc1cccc(OCc2ccc(Cl)cc2F)c1F. The van der Waals surface area contributed by atoms with Crippen LogP contribution in [-0.2, 0) is 6.61 Å².